The molecule has 10 heteroatoms. The first kappa shape index (κ1) is 19.2. The summed E-state index contributed by atoms with van der Waals surface area (Å²) in [5.41, 5.74) is 0.283. The molecule has 8 nitrogen and oxygen atoms in total. The van der Waals surface area contributed by atoms with E-state index in [1.165, 1.54) is 37.3 Å². The summed E-state index contributed by atoms with van der Waals surface area (Å²) in [5.74, 6) is -0.00517. The number of sulfonamides is 1. The van der Waals surface area contributed by atoms with E-state index in [-0.39, 0.29) is 27.7 Å². The van der Waals surface area contributed by atoms with Gasteiger partial charge in [-0.1, -0.05) is 18.2 Å². The third-order valence-corrected chi connectivity index (χ3v) is 5.04. The first-order valence-corrected chi connectivity index (χ1v) is 9.41. The highest BCUT2D eigenvalue weighted by atomic mass is 32.2. The van der Waals surface area contributed by atoms with Gasteiger partial charge >= 0.3 is 0 Å². The van der Waals surface area contributed by atoms with Crippen LogP contribution in [0.3, 0.4) is 0 Å². The van der Waals surface area contributed by atoms with Gasteiger partial charge in [0.2, 0.25) is 0 Å². The molecule has 1 heterocycles. The molecule has 144 valence electrons. The van der Waals surface area contributed by atoms with Gasteiger partial charge in [-0.15, -0.1) is 0 Å². The van der Waals surface area contributed by atoms with Crippen LogP contribution in [-0.4, -0.2) is 19.6 Å². The second-order valence-electron chi connectivity index (χ2n) is 5.74. The molecule has 0 radical (unpaired) electrons. The Morgan fingerprint density at radius 3 is 2.64 bits per heavy atom. The van der Waals surface area contributed by atoms with Crippen molar-refractivity contribution in [2.24, 2.45) is 5.10 Å². The van der Waals surface area contributed by atoms with Crippen molar-refractivity contribution in [2.75, 3.05) is 0 Å². The number of nitro groups is 1. The lowest BCUT2D eigenvalue weighted by Crippen LogP contribution is -2.18. The standard InChI is InChI=1S/C18H14FN3O5S/c1-12-6-8-14(10-17(12)22(23)24)28(25,26)21-20-11-13-7-9-18(27-13)15-4-2-3-5-16(15)19/h2-11,21H,1H3/b20-11-. The zero-order valence-corrected chi connectivity index (χ0v) is 15.3. The molecule has 1 N–H and O–H groups in total. The number of rotatable bonds is 6. The molecule has 0 amide bonds. The molecule has 0 aliphatic heterocycles. The van der Waals surface area contributed by atoms with E-state index in [1.807, 2.05) is 4.83 Å². The van der Waals surface area contributed by atoms with Crippen LogP contribution in [0.4, 0.5) is 10.1 Å². The molecule has 0 aliphatic rings. The van der Waals surface area contributed by atoms with Gasteiger partial charge in [0.25, 0.3) is 15.7 Å². The van der Waals surface area contributed by atoms with Gasteiger partial charge in [-0.05, 0) is 37.3 Å². The molecule has 3 rings (SSSR count). The predicted molar refractivity (Wildman–Crippen MR) is 99.9 cm³/mol. The SMILES string of the molecule is Cc1ccc(S(=O)(=O)N/N=C\c2ccc(-c3ccccc3F)o2)cc1[N+](=O)[O-]. The van der Waals surface area contributed by atoms with Gasteiger partial charge in [0.15, 0.2) is 0 Å². The highest BCUT2D eigenvalue weighted by Gasteiger charge is 2.19. The lowest BCUT2D eigenvalue weighted by atomic mass is 10.1. The lowest BCUT2D eigenvalue weighted by Gasteiger charge is -2.04. The van der Waals surface area contributed by atoms with E-state index in [1.54, 1.807) is 18.2 Å². The summed E-state index contributed by atoms with van der Waals surface area (Å²) >= 11 is 0. The van der Waals surface area contributed by atoms with E-state index in [0.29, 0.717) is 5.56 Å². The summed E-state index contributed by atoms with van der Waals surface area (Å²) in [4.78, 5) is 12.0. The van der Waals surface area contributed by atoms with E-state index in [9.17, 15) is 22.9 Å². The largest absolute Gasteiger partial charge is 0.455 e. The monoisotopic (exact) mass is 403 g/mol. The third-order valence-electron chi connectivity index (χ3n) is 3.82. The van der Waals surface area contributed by atoms with Gasteiger partial charge in [-0.2, -0.15) is 18.4 Å². The number of nitro benzene ring substituents is 1. The van der Waals surface area contributed by atoms with Crippen molar-refractivity contribution in [3.05, 3.63) is 81.9 Å². The van der Waals surface area contributed by atoms with E-state index < -0.39 is 20.8 Å². The van der Waals surface area contributed by atoms with Crippen LogP contribution in [0.25, 0.3) is 11.3 Å². The molecule has 0 unspecified atom stereocenters. The number of nitrogens with zero attached hydrogens (tertiary/aromatic N) is 2. The van der Waals surface area contributed by atoms with Crippen LogP contribution < -0.4 is 4.83 Å². The van der Waals surface area contributed by atoms with Crippen LogP contribution in [0.1, 0.15) is 11.3 Å². The fourth-order valence-electron chi connectivity index (χ4n) is 2.39. The molecule has 0 bridgehead atoms. The van der Waals surface area contributed by atoms with Crippen LogP contribution in [0.5, 0.6) is 0 Å². The van der Waals surface area contributed by atoms with Crippen LogP contribution in [0.2, 0.25) is 0 Å². The Labute approximate surface area is 159 Å². The summed E-state index contributed by atoms with van der Waals surface area (Å²) in [6.45, 7) is 1.50. The summed E-state index contributed by atoms with van der Waals surface area (Å²) in [7, 11) is -4.11. The van der Waals surface area contributed by atoms with Crippen LogP contribution >= 0.6 is 0 Å². The van der Waals surface area contributed by atoms with Gasteiger partial charge in [0.1, 0.15) is 17.3 Å². The van der Waals surface area contributed by atoms with E-state index in [2.05, 4.69) is 5.10 Å². The lowest BCUT2D eigenvalue weighted by molar-refractivity contribution is -0.385. The van der Waals surface area contributed by atoms with Crippen molar-refractivity contribution in [1.82, 2.24) is 4.83 Å². The van der Waals surface area contributed by atoms with Crippen molar-refractivity contribution in [3.63, 3.8) is 0 Å². The average molecular weight is 403 g/mol. The van der Waals surface area contributed by atoms with Crippen molar-refractivity contribution in [2.45, 2.75) is 11.8 Å². The maximum Gasteiger partial charge on any atom is 0.276 e. The third kappa shape index (κ3) is 4.07. The van der Waals surface area contributed by atoms with Gasteiger partial charge < -0.3 is 4.42 Å². The second-order valence-corrected chi connectivity index (χ2v) is 7.40. The highest BCUT2D eigenvalue weighted by Crippen LogP contribution is 2.24. The maximum absolute atomic E-state index is 13.8. The summed E-state index contributed by atoms with van der Waals surface area (Å²) in [5, 5.41) is 14.6. The molecule has 0 saturated heterocycles. The smallest absolute Gasteiger partial charge is 0.276 e. The van der Waals surface area contributed by atoms with Gasteiger partial charge in [0.05, 0.1) is 21.6 Å². The minimum Gasteiger partial charge on any atom is -0.455 e. The number of hydrazone groups is 1. The van der Waals surface area contributed by atoms with E-state index in [4.69, 9.17) is 4.42 Å². The molecule has 2 aromatic carbocycles. The number of hydrogen-bond acceptors (Lipinski definition) is 6. The van der Waals surface area contributed by atoms with Crippen molar-refractivity contribution >= 4 is 21.9 Å². The molecule has 0 atom stereocenters. The average Bonchev–Trinajstić information content (AvgIpc) is 3.10. The molecular weight excluding hydrogens is 389 g/mol. The maximum atomic E-state index is 13.8. The van der Waals surface area contributed by atoms with Crippen LogP contribution in [-0.2, 0) is 10.0 Å². The zero-order chi connectivity index (χ0) is 20.3. The van der Waals surface area contributed by atoms with Crippen molar-refractivity contribution in [3.8, 4) is 11.3 Å². The van der Waals surface area contributed by atoms with Crippen LogP contribution in [0.15, 0.2) is 69.0 Å². The number of halogens is 1. The second kappa shape index (κ2) is 7.61. The Kier molecular flexibility index (Phi) is 5.23. The Bertz CT molecular complexity index is 1170. The summed E-state index contributed by atoms with van der Waals surface area (Å²) < 4.78 is 43.7. The highest BCUT2D eigenvalue weighted by molar-refractivity contribution is 7.89. The fraction of sp³-hybridized carbons (Fsp3) is 0.0556. The Morgan fingerprint density at radius 2 is 1.93 bits per heavy atom. The normalized spacial score (nSPS) is 11.6. The Balaban J connectivity index is 1.77. The molecule has 3 aromatic rings. The number of furan rings is 1. The zero-order valence-electron chi connectivity index (χ0n) is 14.5. The van der Waals surface area contributed by atoms with Gasteiger partial charge in [0, 0.05) is 11.6 Å². The van der Waals surface area contributed by atoms with Crippen molar-refractivity contribution in [1.29, 1.82) is 0 Å². The Hall–Kier alpha value is -3.53. The number of benzene rings is 2. The quantitative estimate of drug-likeness (QED) is 0.383. The fourth-order valence-corrected chi connectivity index (χ4v) is 3.20. The minimum atomic E-state index is -4.11. The van der Waals surface area contributed by atoms with Crippen molar-refractivity contribution < 1.29 is 22.1 Å². The molecule has 1 aromatic heterocycles. The van der Waals surface area contributed by atoms with Gasteiger partial charge in [-0.3, -0.25) is 10.1 Å². The summed E-state index contributed by atoms with van der Waals surface area (Å²) in [6, 6.07) is 12.6. The molecule has 28 heavy (non-hydrogen) atoms. The molecule has 0 spiro atoms. The number of nitrogens with one attached hydrogen (secondary N) is 1. The topological polar surface area (TPSA) is 115 Å². The Morgan fingerprint density at radius 1 is 1.18 bits per heavy atom. The molecule has 0 saturated carbocycles. The predicted octanol–water partition coefficient (Wildman–Crippen LogP) is 3.61. The molecule has 0 aliphatic carbocycles. The molecule has 0 fully saturated rings. The summed E-state index contributed by atoms with van der Waals surface area (Å²) in [6.07, 6.45) is 1.10. The number of hydrogen-bond donors (Lipinski definition) is 1. The van der Waals surface area contributed by atoms with Crippen LogP contribution in [0, 0.1) is 22.9 Å². The first-order valence-electron chi connectivity index (χ1n) is 7.92. The number of aryl methyl sites for hydroxylation is 1. The van der Waals surface area contributed by atoms with E-state index in [0.717, 1.165) is 12.3 Å². The first-order chi connectivity index (χ1) is 13.3. The minimum absolute atomic E-state index is 0.191. The van der Waals surface area contributed by atoms with E-state index >= 15 is 0 Å². The van der Waals surface area contributed by atoms with Gasteiger partial charge in [-0.25, -0.2) is 4.39 Å². The molecular formula is C18H14FN3O5S.